The van der Waals surface area contributed by atoms with Crippen molar-refractivity contribution in [3.63, 3.8) is 0 Å². The van der Waals surface area contributed by atoms with Gasteiger partial charge in [-0.1, -0.05) is 42.7 Å². The molecule has 1 aliphatic heterocycles. The zero-order valence-corrected chi connectivity index (χ0v) is 21.1. The van der Waals surface area contributed by atoms with Gasteiger partial charge in [0.2, 0.25) is 0 Å². The first-order chi connectivity index (χ1) is 17.7. The highest BCUT2D eigenvalue weighted by molar-refractivity contribution is 7.22. The van der Waals surface area contributed by atoms with Crippen LogP contribution in [-0.4, -0.2) is 39.9 Å². The van der Waals surface area contributed by atoms with E-state index in [1.165, 1.54) is 32.1 Å². The first kappa shape index (κ1) is 23.0. The lowest BCUT2D eigenvalue weighted by Gasteiger charge is -2.22. The Morgan fingerprint density at radius 3 is 2.50 bits per heavy atom. The van der Waals surface area contributed by atoms with Crippen LogP contribution in [0.15, 0.2) is 60.8 Å². The maximum atomic E-state index is 12.6. The number of thiazole rings is 1. The Bertz CT molecular complexity index is 1360. The van der Waals surface area contributed by atoms with E-state index in [0.29, 0.717) is 6.04 Å². The smallest absolute Gasteiger partial charge is 0.253 e. The molecule has 6 nitrogen and oxygen atoms in total. The summed E-state index contributed by atoms with van der Waals surface area (Å²) in [7, 11) is 0. The third kappa shape index (κ3) is 5.07. The molecule has 0 unspecified atom stereocenters. The largest absolute Gasteiger partial charge is 0.457 e. The van der Waals surface area contributed by atoms with Crippen molar-refractivity contribution in [1.82, 2.24) is 14.9 Å². The Hall–Kier alpha value is -3.45. The second-order valence-electron chi connectivity index (χ2n) is 9.68. The van der Waals surface area contributed by atoms with Gasteiger partial charge in [-0.3, -0.25) is 9.78 Å². The van der Waals surface area contributed by atoms with Crippen LogP contribution in [-0.2, 0) is 0 Å². The van der Waals surface area contributed by atoms with Gasteiger partial charge in [-0.25, -0.2) is 4.98 Å². The van der Waals surface area contributed by atoms with E-state index < -0.39 is 0 Å². The van der Waals surface area contributed by atoms with E-state index in [-0.39, 0.29) is 5.91 Å². The number of aromatic nitrogens is 2. The SMILES string of the molecule is O=C(c1ccc(-c2cc(Oc3ccc4nc(NC5CCCCC5)sc4c3)ccn2)cc1)N1CCCC1. The number of hydrogen-bond acceptors (Lipinski definition) is 6. The first-order valence-electron chi connectivity index (χ1n) is 12.9. The fourth-order valence-electron chi connectivity index (χ4n) is 5.11. The van der Waals surface area contributed by atoms with Crippen molar-refractivity contribution in [3.05, 3.63) is 66.4 Å². The van der Waals surface area contributed by atoms with Gasteiger partial charge in [0.1, 0.15) is 11.5 Å². The minimum atomic E-state index is 0.111. The normalized spacial score (nSPS) is 16.4. The summed E-state index contributed by atoms with van der Waals surface area (Å²) in [5.74, 6) is 1.61. The monoisotopic (exact) mass is 498 g/mol. The molecule has 0 bridgehead atoms. The van der Waals surface area contributed by atoms with Crippen molar-refractivity contribution >= 4 is 32.6 Å². The number of carbonyl (C=O) groups excluding carboxylic acids is 1. The third-order valence-corrected chi connectivity index (χ3v) is 8.03. The Kier molecular flexibility index (Phi) is 6.55. The van der Waals surface area contributed by atoms with Crippen LogP contribution in [0.25, 0.3) is 21.5 Å². The van der Waals surface area contributed by atoms with Crippen LogP contribution in [0.3, 0.4) is 0 Å². The molecule has 1 aliphatic carbocycles. The van der Waals surface area contributed by atoms with Gasteiger partial charge in [0.15, 0.2) is 5.13 Å². The molecule has 1 saturated carbocycles. The molecule has 0 spiro atoms. The van der Waals surface area contributed by atoms with E-state index in [2.05, 4.69) is 16.4 Å². The van der Waals surface area contributed by atoms with Crippen LogP contribution in [0, 0.1) is 0 Å². The second-order valence-corrected chi connectivity index (χ2v) is 10.7. The predicted molar refractivity (Wildman–Crippen MR) is 145 cm³/mol. The number of likely N-dealkylation sites (tertiary alicyclic amines) is 1. The summed E-state index contributed by atoms with van der Waals surface area (Å²) in [5.41, 5.74) is 3.48. The van der Waals surface area contributed by atoms with Gasteiger partial charge in [-0.15, -0.1) is 0 Å². The molecule has 2 aromatic carbocycles. The summed E-state index contributed by atoms with van der Waals surface area (Å²) in [5, 5.41) is 4.62. The van der Waals surface area contributed by atoms with E-state index in [1.807, 2.05) is 53.4 Å². The molecule has 0 atom stereocenters. The van der Waals surface area contributed by atoms with Gasteiger partial charge >= 0.3 is 0 Å². The Morgan fingerprint density at radius 2 is 1.69 bits per heavy atom. The molecule has 7 heteroatoms. The van der Waals surface area contributed by atoms with Crippen molar-refractivity contribution in [2.24, 2.45) is 0 Å². The number of amides is 1. The van der Waals surface area contributed by atoms with Crippen molar-refractivity contribution in [2.75, 3.05) is 18.4 Å². The zero-order valence-electron chi connectivity index (χ0n) is 20.3. The minimum absolute atomic E-state index is 0.111. The van der Waals surface area contributed by atoms with Crippen LogP contribution in [0.1, 0.15) is 55.3 Å². The van der Waals surface area contributed by atoms with Gasteiger partial charge in [0.25, 0.3) is 5.91 Å². The number of ether oxygens (including phenoxy) is 1. The lowest BCUT2D eigenvalue weighted by Crippen LogP contribution is -2.27. The van der Waals surface area contributed by atoms with Crippen molar-refractivity contribution in [3.8, 4) is 22.8 Å². The zero-order chi connectivity index (χ0) is 24.3. The van der Waals surface area contributed by atoms with Crippen LogP contribution < -0.4 is 10.1 Å². The topological polar surface area (TPSA) is 67.3 Å². The molecule has 184 valence electrons. The molecule has 3 heterocycles. The quantitative estimate of drug-likeness (QED) is 0.306. The lowest BCUT2D eigenvalue weighted by molar-refractivity contribution is 0.0793. The molecular weight excluding hydrogens is 468 g/mol. The van der Waals surface area contributed by atoms with Gasteiger partial charge in [0, 0.05) is 48.6 Å². The maximum Gasteiger partial charge on any atom is 0.253 e. The first-order valence-corrected chi connectivity index (χ1v) is 13.7. The van der Waals surface area contributed by atoms with Crippen molar-refractivity contribution in [1.29, 1.82) is 0 Å². The molecule has 2 aromatic heterocycles. The van der Waals surface area contributed by atoms with E-state index in [4.69, 9.17) is 9.72 Å². The summed E-state index contributed by atoms with van der Waals surface area (Å²) in [6.07, 6.45) is 10.3. The minimum Gasteiger partial charge on any atom is -0.457 e. The van der Waals surface area contributed by atoms with Gasteiger partial charge in [-0.2, -0.15) is 0 Å². The standard InChI is InChI=1S/C29H30N4O2S/c34-28(33-16-4-5-17-33)21-10-8-20(9-11-21)26-18-24(14-15-30-26)35-23-12-13-25-27(19-23)36-29(32-25)31-22-6-2-1-3-7-22/h8-15,18-19,22H,1-7,16-17H2,(H,31,32). The lowest BCUT2D eigenvalue weighted by atomic mass is 9.96. The van der Waals surface area contributed by atoms with Crippen LogP contribution in [0.4, 0.5) is 5.13 Å². The fraction of sp³-hybridized carbons (Fsp3) is 0.345. The molecule has 2 aliphatic rings. The van der Waals surface area contributed by atoms with Crippen molar-refractivity contribution < 1.29 is 9.53 Å². The van der Waals surface area contributed by atoms with Crippen molar-refractivity contribution in [2.45, 2.75) is 51.0 Å². The molecule has 1 amide bonds. The van der Waals surface area contributed by atoms with Gasteiger partial charge < -0.3 is 15.0 Å². The maximum absolute atomic E-state index is 12.6. The number of nitrogens with zero attached hydrogens (tertiary/aromatic N) is 3. The van der Waals surface area contributed by atoms with Crippen LogP contribution >= 0.6 is 11.3 Å². The molecule has 4 aromatic rings. The number of hydrogen-bond donors (Lipinski definition) is 1. The Morgan fingerprint density at radius 1 is 0.917 bits per heavy atom. The summed E-state index contributed by atoms with van der Waals surface area (Å²) >= 11 is 1.68. The number of benzene rings is 2. The predicted octanol–water partition coefficient (Wildman–Crippen LogP) is 7.13. The summed E-state index contributed by atoms with van der Waals surface area (Å²) < 4.78 is 7.30. The summed E-state index contributed by atoms with van der Waals surface area (Å²) in [6.45, 7) is 1.71. The molecule has 1 N–H and O–H groups in total. The number of anilines is 1. The molecule has 36 heavy (non-hydrogen) atoms. The van der Waals surface area contributed by atoms with Crippen LogP contribution in [0.2, 0.25) is 0 Å². The number of fused-ring (bicyclic) bond motifs is 1. The molecule has 0 radical (unpaired) electrons. The number of carbonyl (C=O) groups is 1. The fourth-order valence-corrected chi connectivity index (χ4v) is 6.08. The van der Waals surface area contributed by atoms with E-state index >= 15 is 0 Å². The third-order valence-electron chi connectivity index (χ3n) is 7.08. The summed E-state index contributed by atoms with van der Waals surface area (Å²) in [4.78, 5) is 23.8. The Balaban J connectivity index is 1.15. The second kappa shape index (κ2) is 10.3. The van der Waals surface area contributed by atoms with E-state index in [1.54, 1.807) is 17.5 Å². The average molecular weight is 499 g/mol. The number of rotatable bonds is 6. The highest BCUT2D eigenvalue weighted by atomic mass is 32.1. The number of pyridine rings is 1. The number of nitrogens with one attached hydrogen (secondary N) is 1. The van der Waals surface area contributed by atoms with Gasteiger partial charge in [-0.05, 0) is 56.0 Å². The highest BCUT2D eigenvalue weighted by Gasteiger charge is 2.19. The molecule has 6 rings (SSSR count). The van der Waals surface area contributed by atoms with Gasteiger partial charge in [0.05, 0.1) is 15.9 Å². The van der Waals surface area contributed by atoms with E-state index in [0.717, 1.165) is 69.6 Å². The molecular formula is C29H30N4O2S. The molecule has 2 fully saturated rings. The Labute approximate surface area is 215 Å². The van der Waals surface area contributed by atoms with E-state index in [9.17, 15) is 4.79 Å². The van der Waals surface area contributed by atoms with Crippen LogP contribution in [0.5, 0.6) is 11.5 Å². The average Bonchev–Trinajstić information content (AvgIpc) is 3.59. The highest BCUT2D eigenvalue weighted by Crippen LogP contribution is 2.33. The summed E-state index contributed by atoms with van der Waals surface area (Å²) in [6, 6.07) is 18.1. The molecule has 1 saturated heterocycles.